The topological polar surface area (TPSA) is 3.24 Å². The first-order valence-electron chi connectivity index (χ1n) is 6.73. The van der Waals surface area contributed by atoms with E-state index in [1.165, 1.54) is 64.5 Å². The van der Waals surface area contributed by atoms with Gasteiger partial charge < -0.3 is 4.90 Å². The van der Waals surface area contributed by atoms with Gasteiger partial charge in [0.1, 0.15) is 0 Å². The number of hydrogen-bond acceptors (Lipinski definition) is 2. The fraction of sp³-hybridized carbons (Fsp3) is 1.00. The van der Waals surface area contributed by atoms with E-state index in [1.54, 1.807) is 0 Å². The third-order valence-corrected chi connectivity index (χ3v) is 3.89. The van der Waals surface area contributed by atoms with E-state index in [2.05, 4.69) is 24.5 Å². The average molecular weight is 229 g/mol. The summed E-state index contributed by atoms with van der Waals surface area (Å²) in [7, 11) is 0. The quantitative estimate of drug-likeness (QED) is 0.514. The molecule has 2 heteroatoms. The van der Waals surface area contributed by atoms with E-state index in [0.717, 1.165) is 11.8 Å². The number of nitrogens with zero attached hydrogens (tertiary/aromatic N) is 1. The van der Waals surface area contributed by atoms with E-state index in [-0.39, 0.29) is 0 Å². The molecule has 0 aromatic carbocycles. The lowest BCUT2D eigenvalue weighted by Gasteiger charge is -2.35. The van der Waals surface area contributed by atoms with Crippen molar-refractivity contribution in [3.8, 4) is 0 Å². The molecule has 1 saturated heterocycles. The summed E-state index contributed by atoms with van der Waals surface area (Å²) in [6.07, 6.45) is 11.1. The fourth-order valence-electron chi connectivity index (χ4n) is 2.60. The van der Waals surface area contributed by atoms with E-state index in [9.17, 15) is 0 Å². The second-order valence-corrected chi connectivity index (χ2v) is 5.18. The maximum Gasteiger partial charge on any atom is 0.00926 e. The molecule has 0 N–H and O–H groups in total. The lowest BCUT2D eigenvalue weighted by molar-refractivity contribution is 0.141. The third kappa shape index (κ3) is 5.26. The van der Waals surface area contributed by atoms with Crippen LogP contribution in [0.1, 0.15) is 58.3 Å². The normalized spacial score (nSPS) is 23.2. The van der Waals surface area contributed by atoms with Crippen LogP contribution in [0.15, 0.2) is 0 Å². The van der Waals surface area contributed by atoms with Gasteiger partial charge in [-0.1, -0.05) is 26.2 Å². The number of unbranched alkanes of at least 4 members (excludes halogenated alkanes) is 3. The Hall–Kier alpha value is 0.310. The first-order chi connectivity index (χ1) is 7.38. The molecule has 0 saturated carbocycles. The van der Waals surface area contributed by atoms with Crippen LogP contribution in [0.2, 0.25) is 0 Å². The van der Waals surface area contributed by atoms with Crippen LogP contribution in [-0.2, 0) is 0 Å². The molecule has 1 atom stereocenters. The molecule has 1 fully saturated rings. The summed E-state index contributed by atoms with van der Waals surface area (Å²) < 4.78 is 0. The van der Waals surface area contributed by atoms with E-state index in [1.807, 2.05) is 0 Å². The Morgan fingerprint density at radius 1 is 1.13 bits per heavy atom. The molecule has 0 aliphatic carbocycles. The SMILES string of the molecule is CCC1CCCCN1CCCCCCS. The van der Waals surface area contributed by atoms with Gasteiger partial charge in [0.2, 0.25) is 0 Å². The van der Waals surface area contributed by atoms with Crippen LogP contribution >= 0.6 is 12.6 Å². The van der Waals surface area contributed by atoms with E-state index in [4.69, 9.17) is 0 Å². The minimum Gasteiger partial charge on any atom is -0.300 e. The first kappa shape index (κ1) is 13.4. The summed E-state index contributed by atoms with van der Waals surface area (Å²) in [5, 5.41) is 0. The monoisotopic (exact) mass is 229 g/mol. The van der Waals surface area contributed by atoms with Crippen LogP contribution in [-0.4, -0.2) is 29.8 Å². The summed E-state index contributed by atoms with van der Waals surface area (Å²) in [5.41, 5.74) is 0. The second kappa shape index (κ2) is 8.46. The zero-order chi connectivity index (χ0) is 10.9. The Labute approximate surface area is 101 Å². The summed E-state index contributed by atoms with van der Waals surface area (Å²) >= 11 is 4.24. The minimum absolute atomic E-state index is 0.892. The highest BCUT2D eigenvalue weighted by molar-refractivity contribution is 7.80. The average Bonchev–Trinajstić information content (AvgIpc) is 2.29. The van der Waals surface area contributed by atoms with Crippen molar-refractivity contribution in [1.29, 1.82) is 0 Å². The lowest BCUT2D eigenvalue weighted by Crippen LogP contribution is -2.39. The molecule has 0 spiro atoms. The number of likely N-dealkylation sites (tertiary alicyclic amines) is 1. The molecule has 1 rings (SSSR count). The Morgan fingerprint density at radius 3 is 2.67 bits per heavy atom. The maximum atomic E-state index is 4.24. The summed E-state index contributed by atoms with van der Waals surface area (Å²) in [5.74, 6) is 1.06. The smallest absolute Gasteiger partial charge is 0.00926 e. The van der Waals surface area contributed by atoms with E-state index in [0.29, 0.717) is 0 Å². The Bertz CT molecular complexity index is 149. The highest BCUT2D eigenvalue weighted by Gasteiger charge is 2.19. The zero-order valence-corrected chi connectivity index (χ0v) is 11.1. The van der Waals surface area contributed by atoms with Gasteiger partial charge in [0.15, 0.2) is 0 Å². The van der Waals surface area contributed by atoms with Crippen LogP contribution in [0.4, 0.5) is 0 Å². The molecule has 1 nitrogen and oxygen atoms in total. The van der Waals surface area contributed by atoms with E-state index < -0.39 is 0 Å². The molecular weight excluding hydrogens is 202 g/mol. The van der Waals surface area contributed by atoms with Gasteiger partial charge in [0, 0.05) is 6.04 Å². The van der Waals surface area contributed by atoms with Crippen molar-refractivity contribution in [3.63, 3.8) is 0 Å². The van der Waals surface area contributed by atoms with Gasteiger partial charge in [-0.25, -0.2) is 0 Å². The van der Waals surface area contributed by atoms with Crippen LogP contribution < -0.4 is 0 Å². The lowest BCUT2D eigenvalue weighted by atomic mass is 9.99. The predicted octanol–water partition coefficient (Wildman–Crippen LogP) is 3.74. The molecular formula is C13H27NS. The Kier molecular flexibility index (Phi) is 7.54. The molecule has 0 amide bonds. The van der Waals surface area contributed by atoms with Gasteiger partial charge in [-0.05, 0) is 50.9 Å². The van der Waals surface area contributed by atoms with Crippen molar-refractivity contribution < 1.29 is 0 Å². The number of thiol groups is 1. The molecule has 15 heavy (non-hydrogen) atoms. The molecule has 1 aliphatic rings. The molecule has 1 aliphatic heterocycles. The van der Waals surface area contributed by atoms with Gasteiger partial charge in [-0.2, -0.15) is 12.6 Å². The number of rotatable bonds is 7. The summed E-state index contributed by atoms with van der Waals surface area (Å²) in [6, 6.07) is 0.892. The van der Waals surface area contributed by atoms with Crippen molar-refractivity contribution in [2.24, 2.45) is 0 Å². The van der Waals surface area contributed by atoms with E-state index >= 15 is 0 Å². The number of hydrogen-bond donors (Lipinski definition) is 1. The van der Waals surface area contributed by atoms with Crippen LogP contribution in [0, 0.1) is 0 Å². The zero-order valence-electron chi connectivity index (χ0n) is 10.2. The molecule has 0 aromatic rings. The first-order valence-corrected chi connectivity index (χ1v) is 7.36. The second-order valence-electron chi connectivity index (χ2n) is 4.73. The highest BCUT2D eigenvalue weighted by Crippen LogP contribution is 2.19. The van der Waals surface area contributed by atoms with Gasteiger partial charge in [-0.3, -0.25) is 0 Å². The molecule has 0 aromatic heterocycles. The largest absolute Gasteiger partial charge is 0.300 e. The summed E-state index contributed by atoms with van der Waals surface area (Å²) in [6.45, 7) is 5.03. The third-order valence-electron chi connectivity index (χ3n) is 3.57. The molecule has 1 unspecified atom stereocenters. The van der Waals surface area contributed by atoms with Gasteiger partial charge in [-0.15, -0.1) is 0 Å². The van der Waals surface area contributed by atoms with Crippen LogP contribution in [0.3, 0.4) is 0 Å². The molecule has 90 valence electrons. The van der Waals surface area contributed by atoms with Crippen molar-refractivity contribution in [1.82, 2.24) is 4.90 Å². The standard InChI is InChI=1S/C13H27NS/c1-2-13-9-5-7-11-14(13)10-6-3-4-8-12-15/h13,15H,2-12H2,1H3. The van der Waals surface area contributed by atoms with Crippen molar-refractivity contribution in [3.05, 3.63) is 0 Å². The van der Waals surface area contributed by atoms with Crippen LogP contribution in [0.25, 0.3) is 0 Å². The van der Waals surface area contributed by atoms with Crippen LogP contribution in [0.5, 0.6) is 0 Å². The Balaban J connectivity index is 2.07. The predicted molar refractivity (Wildman–Crippen MR) is 71.8 cm³/mol. The van der Waals surface area contributed by atoms with Gasteiger partial charge >= 0.3 is 0 Å². The molecule has 0 radical (unpaired) electrons. The highest BCUT2D eigenvalue weighted by atomic mass is 32.1. The molecule has 1 heterocycles. The van der Waals surface area contributed by atoms with Gasteiger partial charge in [0.25, 0.3) is 0 Å². The fourth-order valence-corrected chi connectivity index (χ4v) is 2.82. The summed E-state index contributed by atoms with van der Waals surface area (Å²) in [4.78, 5) is 2.73. The van der Waals surface area contributed by atoms with Gasteiger partial charge in [0.05, 0.1) is 0 Å². The minimum atomic E-state index is 0.892. The van der Waals surface area contributed by atoms with Crippen molar-refractivity contribution >= 4 is 12.6 Å². The maximum absolute atomic E-state index is 4.24. The number of piperidine rings is 1. The molecule has 0 bridgehead atoms. The Morgan fingerprint density at radius 2 is 1.93 bits per heavy atom. The van der Waals surface area contributed by atoms with Crippen molar-refractivity contribution in [2.45, 2.75) is 64.3 Å². The van der Waals surface area contributed by atoms with Crippen molar-refractivity contribution in [2.75, 3.05) is 18.8 Å².